The Bertz CT molecular complexity index is 622. The van der Waals surface area contributed by atoms with Crippen LogP contribution in [0.2, 0.25) is 10.0 Å². The molecule has 0 aliphatic carbocycles. The summed E-state index contributed by atoms with van der Waals surface area (Å²) in [6.45, 7) is 0. The van der Waals surface area contributed by atoms with Crippen molar-refractivity contribution in [3.63, 3.8) is 0 Å². The van der Waals surface area contributed by atoms with E-state index in [1.165, 1.54) is 0 Å². The van der Waals surface area contributed by atoms with Crippen LogP contribution in [0.3, 0.4) is 0 Å². The second-order valence-corrected chi connectivity index (χ2v) is 4.92. The summed E-state index contributed by atoms with van der Waals surface area (Å²) >= 11 is 12.0. The van der Waals surface area contributed by atoms with Crippen molar-refractivity contribution in [3.8, 4) is 12.3 Å². The summed E-state index contributed by atoms with van der Waals surface area (Å²) in [7, 11) is 0. The molecule has 19 heavy (non-hydrogen) atoms. The highest BCUT2D eigenvalue weighted by Crippen LogP contribution is 2.36. The molecule has 0 fully saturated rings. The molecule has 1 aromatic carbocycles. The number of terminal acetylenes is 1. The first kappa shape index (κ1) is 13.9. The number of halogens is 2. The largest absolute Gasteiger partial charge is 0.378 e. The molecular weight excluding hydrogens is 281 g/mol. The van der Waals surface area contributed by atoms with E-state index in [1.807, 2.05) is 0 Å². The Morgan fingerprint density at radius 2 is 2.05 bits per heavy atom. The van der Waals surface area contributed by atoms with E-state index in [-0.39, 0.29) is 6.42 Å². The van der Waals surface area contributed by atoms with E-state index >= 15 is 0 Å². The number of hydrogen-bond donors (Lipinski definition) is 1. The molecule has 1 unspecified atom stereocenters. The number of nitrogens with zero attached hydrogens (tertiary/aromatic N) is 1. The summed E-state index contributed by atoms with van der Waals surface area (Å²) in [5.74, 6) is 2.47. The molecule has 0 amide bonds. The van der Waals surface area contributed by atoms with Crippen LogP contribution in [0.1, 0.15) is 17.7 Å². The Morgan fingerprint density at radius 3 is 2.63 bits per heavy atom. The zero-order valence-corrected chi connectivity index (χ0v) is 11.5. The van der Waals surface area contributed by atoms with E-state index in [1.54, 1.807) is 42.6 Å². The Balaban J connectivity index is 2.60. The van der Waals surface area contributed by atoms with Crippen LogP contribution in [0.5, 0.6) is 0 Å². The molecule has 1 atom stereocenters. The van der Waals surface area contributed by atoms with Crippen LogP contribution < -0.4 is 0 Å². The SMILES string of the molecule is C#CCC(O)(c1ccccn1)c1ccc(Cl)cc1Cl. The second kappa shape index (κ2) is 5.63. The Kier molecular flexibility index (Phi) is 4.11. The molecule has 2 rings (SSSR count). The zero-order chi connectivity index (χ0) is 13.9. The summed E-state index contributed by atoms with van der Waals surface area (Å²) in [5, 5.41) is 11.7. The summed E-state index contributed by atoms with van der Waals surface area (Å²) in [5.41, 5.74) is -0.468. The van der Waals surface area contributed by atoms with Crippen LogP contribution in [0.4, 0.5) is 0 Å². The number of pyridine rings is 1. The van der Waals surface area contributed by atoms with E-state index in [2.05, 4.69) is 10.9 Å². The summed E-state index contributed by atoms with van der Waals surface area (Å²) in [6.07, 6.45) is 7.03. The molecule has 0 aliphatic heterocycles. The quantitative estimate of drug-likeness (QED) is 0.876. The van der Waals surface area contributed by atoms with Gasteiger partial charge in [-0.25, -0.2) is 0 Å². The molecular formula is C15H11Cl2NO. The first-order valence-electron chi connectivity index (χ1n) is 5.61. The highest BCUT2D eigenvalue weighted by Gasteiger charge is 2.34. The lowest BCUT2D eigenvalue weighted by molar-refractivity contribution is 0.0819. The van der Waals surface area contributed by atoms with Crippen LogP contribution in [0, 0.1) is 12.3 Å². The van der Waals surface area contributed by atoms with Gasteiger partial charge in [-0.15, -0.1) is 12.3 Å². The maximum absolute atomic E-state index is 10.9. The Hall–Kier alpha value is -1.53. The van der Waals surface area contributed by atoms with E-state index in [9.17, 15) is 5.11 Å². The monoisotopic (exact) mass is 291 g/mol. The summed E-state index contributed by atoms with van der Waals surface area (Å²) in [6, 6.07) is 10.2. The normalized spacial score (nSPS) is 13.6. The summed E-state index contributed by atoms with van der Waals surface area (Å²) < 4.78 is 0. The van der Waals surface area contributed by atoms with Gasteiger partial charge in [-0.1, -0.05) is 35.3 Å². The van der Waals surface area contributed by atoms with Crippen LogP contribution >= 0.6 is 23.2 Å². The maximum atomic E-state index is 10.9. The minimum atomic E-state index is -1.42. The first-order chi connectivity index (χ1) is 9.08. The van der Waals surface area contributed by atoms with Gasteiger partial charge >= 0.3 is 0 Å². The first-order valence-corrected chi connectivity index (χ1v) is 6.36. The molecule has 4 heteroatoms. The zero-order valence-electron chi connectivity index (χ0n) is 9.98. The molecule has 1 aromatic heterocycles. The predicted molar refractivity (Wildman–Crippen MR) is 77.1 cm³/mol. The second-order valence-electron chi connectivity index (χ2n) is 4.08. The smallest absolute Gasteiger partial charge is 0.144 e. The predicted octanol–water partition coefficient (Wildman–Crippen LogP) is 3.65. The van der Waals surface area contributed by atoms with Crippen LogP contribution in [-0.4, -0.2) is 10.1 Å². The minimum Gasteiger partial charge on any atom is -0.378 e. The van der Waals surface area contributed by atoms with Crippen molar-refractivity contribution < 1.29 is 5.11 Å². The van der Waals surface area contributed by atoms with E-state index < -0.39 is 5.60 Å². The molecule has 2 nitrogen and oxygen atoms in total. The van der Waals surface area contributed by atoms with Crippen molar-refractivity contribution in [1.29, 1.82) is 0 Å². The average Bonchev–Trinajstić information content (AvgIpc) is 2.39. The third-order valence-electron chi connectivity index (χ3n) is 2.82. The molecule has 0 bridgehead atoms. The molecule has 0 aliphatic rings. The highest BCUT2D eigenvalue weighted by molar-refractivity contribution is 6.35. The molecule has 96 valence electrons. The lowest BCUT2D eigenvalue weighted by atomic mass is 9.87. The van der Waals surface area contributed by atoms with Gasteiger partial charge in [0.25, 0.3) is 0 Å². The van der Waals surface area contributed by atoms with Crippen LogP contribution in [0.15, 0.2) is 42.6 Å². The topological polar surface area (TPSA) is 33.1 Å². The standard InChI is InChI=1S/C15H11Cl2NO/c1-2-8-15(19,14-5-3-4-9-18-14)12-7-6-11(16)10-13(12)17/h1,3-7,9-10,19H,8H2. The van der Waals surface area contributed by atoms with Crippen LogP contribution in [-0.2, 0) is 5.60 Å². The van der Waals surface area contributed by atoms with Gasteiger partial charge in [-0.05, 0) is 24.3 Å². The number of hydrogen-bond acceptors (Lipinski definition) is 2. The highest BCUT2D eigenvalue weighted by atomic mass is 35.5. The maximum Gasteiger partial charge on any atom is 0.144 e. The van der Waals surface area contributed by atoms with E-state index in [0.717, 1.165) is 0 Å². The van der Waals surface area contributed by atoms with Crippen molar-refractivity contribution in [2.45, 2.75) is 12.0 Å². The number of benzene rings is 1. The van der Waals surface area contributed by atoms with Crippen molar-refractivity contribution in [3.05, 3.63) is 63.9 Å². The van der Waals surface area contributed by atoms with Gasteiger partial charge in [0.05, 0.1) is 5.69 Å². The van der Waals surface area contributed by atoms with Gasteiger partial charge in [0.2, 0.25) is 0 Å². The molecule has 2 aromatic rings. The molecule has 0 spiro atoms. The van der Waals surface area contributed by atoms with Gasteiger partial charge in [0.1, 0.15) is 5.60 Å². The molecule has 0 saturated heterocycles. The third kappa shape index (κ3) is 2.74. The fourth-order valence-corrected chi connectivity index (χ4v) is 2.47. The Morgan fingerprint density at radius 1 is 1.26 bits per heavy atom. The van der Waals surface area contributed by atoms with Gasteiger partial charge in [0.15, 0.2) is 0 Å². The molecule has 0 radical (unpaired) electrons. The van der Waals surface area contributed by atoms with Crippen molar-refractivity contribution in [2.24, 2.45) is 0 Å². The van der Waals surface area contributed by atoms with Crippen LogP contribution in [0.25, 0.3) is 0 Å². The average molecular weight is 292 g/mol. The Labute approximate surface area is 122 Å². The lowest BCUT2D eigenvalue weighted by Gasteiger charge is -2.27. The van der Waals surface area contributed by atoms with Gasteiger partial charge in [-0.2, -0.15) is 0 Å². The van der Waals surface area contributed by atoms with Crippen molar-refractivity contribution >= 4 is 23.2 Å². The number of aliphatic hydroxyl groups is 1. The van der Waals surface area contributed by atoms with Gasteiger partial charge < -0.3 is 5.11 Å². The third-order valence-corrected chi connectivity index (χ3v) is 3.37. The van der Waals surface area contributed by atoms with Crippen molar-refractivity contribution in [1.82, 2.24) is 4.98 Å². The number of aromatic nitrogens is 1. The van der Waals surface area contributed by atoms with Crippen molar-refractivity contribution in [2.75, 3.05) is 0 Å². The van der Waals surface area contributed by atoms with Gasteiger partial charge in [-0.3, -0.25) is 4.98 Å². The fourth-order valence-electron chi connectivity index (χ4n) is 1.90. The molecule has 0 saturated carbocycles. The number of rotatable bonds is 3. The molecule has 1 N–H and O–H groups in total. The fraction of sp³-hybridized carbons (Fsp3) is 0.133. The van der Waals surface area contributed by atoms with Gasteiger partial charge in [0, 0.05) is 28.2 Å². The van der Waals surface area contributed by atoms with E-state index in [0.29, 0.717) is 21.3 Å². The minimum absolute atomic E-state index is 0.0748. The van der Waals surface area contributed by atoms with E-state index in [4.69, 9.17) is 29.6 Å². The lowest BCUT2D eigenvalue weighted by Crippen LogP contribution is -2.28. The summed E-state index contributed by atoms with van der Waals surface area (Å²) in [4.78, 5) is 4.17. The molecule has 1 heterocycles.